The van der Waals surface area contributed by atoms with Crippen LogP contribution >= 0.6 is 0 Å². The van der Waals surface area contributed by atoms with Gasteiger partial charge in [-0.25, -0.2) is 0 Å². The lowest BCUT2D eigenvalue weighted by atomic mass is 9.86. The van der Waals surface area contributed by atoms with Crippen molar-refractivity contribution in [3.05, 3.63) is 35.4 Å². The molecular formula is C21H36N2O3Si. The second-order valence-electron chi connectivity index (χ2n) is 9.65. The predicted octanol–water partition coefficient (Wildman–Crippen LogP) is 3.98. The molecule has 152 valence electrons. The number of benzene rings is 1. The molecule has 5 nitrogen and oxygen atoms in total. The largest absolute Gasteiger partial charge is 0.417 e. The summed E-state index contributed by atoms with van der Waals surface area (Å²) in [5.41, 5.74) is 7.16. The molecule has 0 saturated carbocycles. The number of carbonyl (C=O) groups is 2. The maximum absolute atomic E-state index is 12.5. The first kappa shape index (κ1) is 23.4. The highest BCUT2D eigenvalue weighted by atomic mass is 28.4. The molecule has 0 aliphatic carbocycles. The molecule has 6 heteroatoms. The van der Waals surface area contributed by atoms with E-state index in [2.05, 4.69) is 60.0 Å². The van der Waals surface area contributed by atoms with E-state index in [1.165, 1.54) is 0 Å². The maximum Gasteiger partial charge on any atom is 0.251 e. The van der Waals surface area contributed by atoms with Crippen LogP contribution in [0.3, 0.4) is 0 Å². The van der Waals surface area contributed by atoms with Gasteiger partial charge < -0.3 is 15.5 Å². The molecule has 0 fully saturated rings. The molecule has 1 atom stereocenters. The van der Waals surface area contributed by atoms with Crippen LogP contribution in [-0.4, -0.2) is 32.8 Å². The molecule has 0 heterocycles. The number of carbonyl (C=O) groups excluding carboxylic acids is 2. The van der Waals surface area contributed by atoms with Crippen molar-refractivity contribution in [2.24, 2.45) is 5.73 Å². The second-order valence-corrected chi connectivity index (χ2v) is 14.5. The van der Waals surface area contributed by atoms with Crippen LogP contribution in [0.25, 0.3) is 0 Å². The summed E-state index contributed by atoms with van der Waals surface area (Å²) in [6, 6.07) is 6.69. The van der Waals surface area contributed by atoms with Crippen molar-refractivity contribution in [3.8, 4) is 0 Å². The van der Waals surface area contributed by atoms with Gasteiger partial charge in [-0.3, -0.25) is 9.59 Å². The van der Waals surface area contributed by atoms with Gasteiger partial charge in [0.2, 0.25) is 5.91 Å². The van der Waals surface area contributed by atoms with Crippen molar-refractivity contribution in [2.45, 2.75) is 77.6 Å². The third-order valence-corrected chi connectivity index (χ3v) is 9.88. The van der Waals surface area contributed by atoms with Crippen LogP contribution in [0, 0.1) is 0 Å². The zero-order valence-electron chi connectivity index (χ0n) is 18.1. The first-order valence-electron chi connectivity index (χ1n) is 9.50. The SMILES string of the molecule is CC(C)(C)c1ccc(C(=O)N[C@H](CCO[Si](C)(C)C(C)(C)C)C(N)=O)cc1. The average molecular weight is 393 g/mol. The smallest absolute Gasteiger partial charge is 0.251 e. The molecule has 0 aromatic heterocycles. The Morgan fingerprint density at radius 2 is 1.59 bits per heavy atom. The van der Waals surface area contributed by atoms with Crippen LogP contribution in [0.2, 0.25) is 18.1 Å². The van der Waals surface area contributed by atoms with Gasteiger partial charge in [0.05, 0.1) is 0 Å². The van der Waals surface area contributed by atoms with Crippen molar-refractivity contribution in [2.75, 3.05) is 6.61 Å². The zero-order valence-corrected chi connectivity index (χ0v) is 19.1. The fraction of sp³-hybridized carbons (Fsp3) is 0.619. The van der Waals surface area contributed by atoms with E-state index < -0.39 is 20.3 Å². The van der Waals surface area contributed by atoms with Crippen LogP contribution in [0.5, 0.6) is 0 Å². The van der Waals surface area contributed by atoms with Gasteiger partial charge in [0.15, 0.2) is 8.32 Å². The highest BCUT2D eigenvalue weighted by Crippen LogP contribution is 2.36. The first-order valence-corrected chi connectivity index (χ1v) is 12.4. The van der Waals surface area contributed by atoms with Crippen molar-refractivity contribution in [1.29, 1.82) is 0 Å². The Labute approximate surface area is 165 Å². The topological polar surface area (TPSA) is 81.4 Å². The van der Waals surface area contributed by atoms with Gasteiger partial charge in [-0.2, -0.15) is 0 Å². The van der Waals surface area contributed by atoms with E-state index in [1.807, 2.05) is 12.1 Å². The fourth-order valence-electron chi connectivity index (χ4n) is 2.30. The van der Waals surface area contributed by atoms with Gasteiger partial charge in [0.25, 0.3) is 5.91 Å². The summed E-state index contributed by atoms with van der Waals surface area (Å²) in [4.78, 5) is 24.3. The van der Waals surface area contributed by atoms with Crippen LogP contribution in [0.1, 0.15) is 63.9 Å². The number of primary amides is 1. The van der Waals surface area contributed by atoms with Gasteiger partial charge >= 0.3 is 0 Å². The highest BCUT2D eigenvalue weighted by Gasteiger charge is 2.37. The molecule has 0 spiro atoms. The Morgan fingerprint density at radius 1 is 1.07 bits per heavy atom. The van der Waals surface area contributed by atoms with Gasteiger partial charge in [0.1, 0.15) is 6.04 Å². The number of amides is 2. The fourth-order valence-corrected chi connectivity index (χ4v) is 3.36. The number of nitrogens with one attached hydrogen (secondary N) is 1. The molecule has 1 aromatic rings. The predicted molar refractivity (Wildman–Crippen MR) is 113 cm³/mol. The minimum atomic E-state index is -1.90. The monoisotopic (exact) mass is 392 g/mol. The molecule has 0 unspecified atom stereocenters. The second kappa shape index (κ2) is 8.57. The lowest BCUT2D eigenvalue weighted by molar-refractivity contribution is -0.120. The molecular weight excluding hydrogens is 356 g/mol. The molecule has 1 rings (SSSR count). The molecule has 2 amide bonds. The molecule has 1 aromatic carbocycles. The molecule has 0 bridgehead atoms. The summed E-state index contributed by atoms with van der Waals surface area (Å²) >= 11 is 0. The standard InChI is InChI=1S/C21H36N2O3Si/c1-20(2,3)16-11-9-15(10-12-16)19(25)23-17(18(22)24)13-14-26-27(7,8)21(4,5)6/h9-12,17H,13-14H2,1-8H3,(H2,22,24)(H,23,25)/t17-/m1/s1. The number of rotatable bonds is 7. The van der Waals surface area contributed by atoms with E-state index in [9.17, 15) is 9.59 Å². The van der Waals surface area contributed by atoms with Crippen LogP contribution in [0.15, 0.2) is 24.3 Å². The van der Waals surface area contributed by atoms with Crippen molar-refractivity contribution in [1.82, 2.24) is 5.32 Å². The number of hydrogen-bond donors (Lipinski definition) is 2. The number of hydrogen-bond acceptors (Lipinski definition) is 3. The highest BCUT2D eigenvalue weighted by molar-refractivity contribution is 6.74. The lowest BCUT2D eigenvalue weighted by Gasteiger charge is -2.36. The van der Waals surface area contributed by atoms with Gasteiger partial charge in [0, 0.05) is 12.2 Å². The Morgan fingerprint density at radius 3 is 2.00 bits per heavy atom. The minimum absolute atomic E-state index is 0.0197. The third kappa shape index (κ3) is 6.77. The minimum Gasteiger partial charge on any atom is -0.417 e. The molecule has 0 aliphatic rings. The van der Waals surface area contributed by atoms with Gasteiger partial charge in [-0.05, 0) is 47.7 Å². The van der Waals surface area contributed by atoms with E-state index in [-0.39, 0.29) is 16.4 Å². The average Bonchev–Trinajstić information content (AvgIpc) is 2.51. The van der Waals surface area contributed by atoms with E-state index in [1.54, 1.807) is 12.1 Å². The van der Waals surface area contributed by atoms with E-state index in [4.69, 9.17) is 10.2 Å². The molecule has 0 radical (unpaired) electrons. The quantitative estimate of drug-likeness (QED) is 0.689. The van der Waals surface area contributed by atoms with E-state index in [0.717, 1.165) is 5.56 Å². The van der Waals surface area contributed by atoms with Crippen molar-refractivity contribution in [3.63, 3.8) is 0 Å². The summed E-state index contributed by atoms with van der Waals surface area (Å²) in [7, 11) is -1.90. The maximum atomic E-state index is 12.5. The third-order valence-electron chi connectivity index (χ3n) is 5.34. The Kier molecular flexibility index (Phi) is 7.42. The van der Waals surface area contributed by atoms with E-state index >= 15 is 0 Å². The molecule has 27 heavy (non-hydrogen) atoms. The first-order chi connectivity index (χ1) is 12.1. The Balaban J connectivity index is 2.72. The lowest BCUT2D eigenvalue weighted by Crippen LogP contribution is -2.47. The zero-order chi connectivity index (χ0) is 21.0. The molecule has 0 saturated heterocycles. The molecule has 0 aliphatic heterocycles. The van der Waals surface area contributed by atoms with Crippen LogP contribution < -0.4 is 11.1 Å². The van der Waals surface area contributed by atoms with Crippen molar-refractivity contribution >= 4 is 20.1 Å². The number of nitrogens with two attached hydrogens (primary N) is 1. The Bertz CT molecular complexity index is 655. The van der Waals surface area contributed by atoms with Crippen molar-refractivity contribution < 1.29 is 14.0 Å². The summed E-state index contributed by atoms with van der Waals surface area (Å²) in [5.74, 6) is -0.847. The van der Waals surface area contributed by atoms with Gasteiger partial charge in [-0.15, -0.1) is 0 Å². The van der Waals surface area contributed by atoms with Crippen LogP contribution in [0.4, 0.5) is 0 Å². The summed E-state index contributed by atoms with van der Waals surface area (Å²) in [6.07, 6.45) is 0.369. The molecule has 3 N–H and O–H groups in total. The van der Waals surface area contributed by atoms with E-state index in [0.29, 0.717) is 18.6 Å². The van der Waals surface area contributed by atoms with Crippen LogP contribution in [-0.2, 0) is 14.6 Å². The van der Waals surface area contributed by atoms with Gasteiger partial charge in [-0.1, -0.05) is 53.7 Å². The normalized spacial score (nSPS) is 13.9. The summed E-state index contributed by atoms with van der Waals surface area (Å²) in [5, 5.41) is 2.83. The summed E-state index contributed by atoms with van der Waals surface area (Å²) in [6.45, 7) is 17.5. The Hall–Kier alpha value is -1.66. The summed E-state index contributed by atoms with van der Waals surface area (Å²) < 4.78 is 6.09.